The number of aromatic nitrogens is 2. The van der Waals surface area contributed by atoms with Crippen LogP contribution in [0.25, 0.3) is 0 Å². The lowest BCUT2D eigenvalue weighted by atomic mass is 10.2. The van der Waals surface area contributed by atoms with Crippen LogP contribution in [0.2, 0.25) is 0 Å². The molecule has 118 valence electrons. The zero-order valence-electron chi connectivity index (χ0n) is 12.9. The third kappa shape index (κ3) is 4.23. The molecule has 0 atom stereocenters. The van der Waals surface area contributed by atoms with Gasteiger partial charge in [-0.2, -0.15) is 4.98 Å². The van der Waals surface area contributed by atoms with Gasteiger partial charge in [0, 0.05) is 25.9 Å². The standard InChI is InChI=1S/C15H20N4O3/c1-20-9-8-17-15-16-7-6-14(19-15)18-12-5-4-11(21-2)10-13(12)22-3/h4-7,10H,8-9H2,1-3H3,(H2,16,17,18,19). The maximum atomic E-state index is 5.35. The molecule has 0 aliphatic rings. The maximum absolute atomic E-state index is 5.35. The topological polar surface area (TPSA) is 77.5 Å². The summed E-state index contributed by atoms with van der Waals surface area (Å²) in [6.45, 7) is 1.24. The predicted octanol–water partition coefficient (Wildman–Crippen LogP) is 2.30. The zero-order chi connectivity index (χ0) is 15.8. The average molecular weight is 304 g/mol. The fourth-order valence-corrected chi connectivity index (χ4v) is 1.82. The van der Waals surface area contributed by atoms with Gasteiger partial charge in [-0.1, -0.05) is 0 Å². The number of methoxy groups -OCH3 is 3. The Morgan fingerprint density at radius 3 is 2.68 bits per heavy atom. The van der Waals surface area contributed by atoms with Crippen molar-refractivity contribution in [3.63, 3.8) is 0 Å². The van der Waals surface area contributed by atoms with E-state index in [0.29, 0.717) is 30.7 Å². The molecule has 2 rings (SSSR count). The highest BCUT2D eigenvalue weighted by Gasteiger charge is 2.06. The van der Waals surface area contributed by atoms with Crippen molar-refractivity contribution in [1.29, 1.82) is 0 Å². The quantitative estimate of drug-likeness (QED) is 0.724. The second kappa shape index (κ2) is 8.04. The number of hydrogen-bond donors (Lipinski definition) is 2. The Bertz CT molecular complexity index is 607. The Morgan fingerprint density at radius 2 is 1.95 bits per heavy atom. The van der Waals surface area contributed by atoms with E-state index in [2.05, 4.69) is 20.6 Å². The van der Waals surface area contributed by atoms with E-state index in [4.69, 9.17) is 14.2 Å². The first kappa shape index (κ1) is 15.8. The molecule has 0 unspecified atom stereocenters. The number of anilines is 3. The molecule has 2 N–H and O–H groups in total. The van der Waals surface area contributed by atoms with Gasteiger partial charge in [0.2, 0.25) is 5.95 Å². The first-order valence-electron chi connectivity index (χ1n) is 6.81. The van der Waals surface area contributed by atoms with Gasteiger partial charge in [0.25, 0.3) is 0 Å². The Morgan fingerprint density at radius 1 is 1.09 bits per heavy atom. The van der Waals surface area contributed by atoms with E-state index in [1.54, 1.807) is 39.7 Å². The normalized spacial score (nSPS) is 10.1. The van der Waals surface area contributed by atoms with Gasteiger partial charge in [0.1, 0.15) is 17.3 Å². The Kier molecular flexibility index (Phi) is 5.79. The fourth-order valence-electron chi connectivity index (χ4n) is 1.82. The number of benzene rings is 1. The van der Waals surface area contributed by atoms with Crippen LogP contribution < -0.4 is 20.1 Å². The highest BCUT2D eigenvalue weighted by atomic mass is 16.5. The molecule has 22 heavy (non-hydrogen) atoms. The first-order valence-corrected chi connectivity index (χ1v) is 6.81. The van der Waals surface area contributed by atoms with Crippen LogP contribution in [0, 0.1) is 0 Å². The summed E-state index contributed by atoms with van der Waals surface area (Å²) in [7, 11) is 4.87. The number of hydrogen-bond acceptors (Lipinski definition) is 7. The van der Waals surface area contributed by atoms with Crippen LogP contribution in [-0.2, 0) is 4.74 Å². The van der Waals surface area contributed by atoms with Gasteiger partial charge in [0.15, 0.2) is 0 Å². The first-order chi connectivity index (χ1) is 10.8. The van der Waals surface area contributed by atoms with Gasteiger partial charge in [-0.05, 0) is 18.2 Å². The molecular weight excluding hydrogens is 284 g/mol. The molecule has 0 saturated heterocycles. The summed E-state index contributed by atoms with van der Waals surface area (Å²) in [5, 5.41) is 6.28. The molecule has 0 spiro atoms. The lowest BCUT2D eigenvalue weighted by Gasteiger charge is -2.12. The summed E-state index contributed by atoms with van der Waals surface area (Å²) in [6.07, 6.45) is 1.68. The minimum atomic E-state index is 0.537. The lowest BCUT2D eigenvalue weighted by molar-refractivity contribution is 0.210. The summed E-state index contributed by atoms with van der Waals surface area (Å²) in [5.74, 6) is 2.60. The average Bonchev–Trinajstić information content (AvgIpc) is 2.56. The van der Waals surface area contributed by atoms with Crippen LogP contribution >= 0.6 is 0 Å². The van der Waals surface area contributed by atoms with Crippen LogP contribution in [0.1, 0.15) is 0 Å². The maximum Gasteiger partial charge on any atom is 0.224 e. The molecule has 0 aliphatic carbocycles. The Hall–Kier alpha value is -2.54. The van der Waals surface area contributed by atoms with Crippen molar-refractivity contribution in [1.82, 2.24) is 9.97 Å². The van der Waals surface area contributed by atoms with E-state index in [9.17, 15) is 0 Å². The van der Waals surface area contributed by atoms with Crippen molar-refractivity contribution in [3.8, 4) is 11.5 Å². The van der Waals surface area contributed by atoms with Crippen molar-refractivity contribution >= 4 is 17.5 Å². The van der Waals surface area contributed by atoms with E-state index in [-0.39, 0.29) is 0 Å². The summed E-state index contributed by atoms with van der Waals surface area (Å²) < 4.78 is 15.5. The van der Waals surface area contributed by atoms with Crippen molar-refractivity contribution in [2.24, 2.45) is 0 Å². The summed E-state index contributed by atoms with van der Waals surface area (Å²) >= 11 is 0. The van der Waals surface area contributed by atoms with Crippen molar-refractivity contribution in [2.45, 2.75) is 0 Å². The molecular formula is C15H20N4O3. The molecule has 2 aromatic rings. The van der Waals surface area contributed by atoms with Crippen LogP contribution in [0.5, 0.6) is 11.5 Å². The van der Waals surface area contributed by atoms with Crippen LogP contribution in [-0.4, -0.2) is 44.4 Å². The Balaban J connectivity index is 2.11. The smallest absolute Gasteiger partial charge is 0.224 e. The highest BCUT2D eigenvalue weighted by Crippen LogP contribution is 2.30. The van der Waals surface area contributed by atoms with Crippen LogP contribution in [0.15, 0.2) is 30.5 Å². The molecule has 0 aliphatic heterocycles. The van der Waals surface area contributed by atoms with Crippen molar-refractivity contribution in [3.05, 3.63) is 30.5 Å². The predicted molar refractivity (Wildman–Crippen MR) is 85.2 cm³/mol. The van der Waals surface area contributed by atoms with E-state index in [0.717, 1.165) is 11.4 Å². The van der Waals surface area contributed by atoms with Crippen molar-refractivity contribution < 1.29 is 14.2 Å². The number of nitrogens with zero attached hydrogens (tertiary/aromatic N) is 2. The summed E-state index contributed by atoms with van der Waals surface area (Å²) in [5.41, 5.74) is 0.796. The molecule has 0 saturated carbocycles. The third-order valence-corrected chi connectivity index (χ3v) is 2.92. The molecule has 7 heteroatoms. The van der Waals surface area contributed by atoms with Gasteiger partial charge in [0.05, 0.1) is 26.5 Å². The molecule has 1 aromatic heterocycles. The van der Waals surface area contributed by atoms with Gasteiger partial charge >= 0.3 is 0 Å². The minimum Gasteiger partial charge on any atom is -0.497 e. The molecule has 0 bridgehead atoms. The molecule has 0 fully saturated rings. The second-order valence-electron chi connectivity index (χ2n) is 4.38. The molecule has 0 radical (unpaired) electrons. The van der Waals surface area contributed by atoms with Gasteiger partial charge < -0.3 is 24.8 Å². The van der Waals surface area contributed by atoms with E-state index >= 15 is 0 Å². The number of rotatable bonds is 8. The molecule has 1 aromatic carbocycles. The molecule has 1 heterocycles. The second-order valence-corrected chi connectivity index (χ2v) is 4.38. The van der Waals surface area contributed by atoms with Gasteiger partial charge in [-0.15, -0.1) is 0 Å². The van der Waals surface area contributed by atoms with Crippen LogP contribution in [0.3, 0.4) is 0 Å². The van der Waals surface area contributed by atoms with E-state index in [1.807, 2.05) is 12.1 Å². The van der Waals surface area contributed by atoms with E-state index < -0.39 is 0 Å². The highest BCUT2D eigenvalue weighted by molar-refractivity contribution is 5.66. The van der Waals surface area contributed by atoms with Gasteiger partial charge in [-0.25, -0.2) is 4.98 Å². The minimum absolute atomic E-state index is 0.537. The monoisotopic (exact) mass is 304 g/mol. The Labute approximate surface area is 129 Å². The van der Waals surface area contributed by atoms with Crippen molar-refractivity contribution in [2.75, 3.05) is 45.1 Å². The van der Waals surface area contributed by atoms with Crippen LogP contribution in [0.4, 0.5) is 17.5 Å². The van der Waals surface area contributed by atoms with E-state index in [1.165, 1.54) is 0 Å². The number of ether oxygens (including phenoxy) is 3. The summed E-state index contributed by atoms with van der Waals surface area (Å²) in [6, 6.07) is 7.31. The molecule has 7 nitrogen and oxygen atoms in total. The SMILES string of the molecule is COCCNc1nccc(Nc2ccc(OC)cc2OC)n1. The van der Waals surface area contributed by atoms with Gasteiger partial charge in [-0.3, -0.25) is 0 Å². The zero-order valence-corrected chi connectivity index (χ0v) is 12.9. The number of nitrogens with one attached hydrogen (secondary N) is 2. The third-order valence-electron chi connectivity index (χ3n) is 2.92. The summed E-state index contributed by atoms with van der Waals surface area (Å²) in [4.78, 5) is 8.54. The fraction of sp³-hybridized carbons (Fsp3) is 0.333. The largest absolute Gasteiger partial charge is 0.497 e. The lowest BCUT2D eigenvalue weighted by Crippen LogP contribution is -2.10. The molecule has 0 amide bonds.